The van der Waals surface area contributed by atoms with Crippen molar-refractivity contribution in [1.29, 1.82) is 0 Å². The summed E-state index contributed by atoms with van der Waals surface area (Å²) in [6.45, 7) is 2.67. The van der Waals surface area contributed by atoms with Crippen LogP contribution >= 0.6 is 0 Å². The summed E-state index contributed by atoms with van der Waals surface area (Å²) in [5, 5.41) is 2.36. The number of aromatic nitrogens is 1. The van der Waals surface area contributed by atoms with Crippen LogP contribution in [0.15, 0.2) is 24.4 Å². The lowest BCUT2D eigenvalue weighted by atomic mass is 10.0. The zero-order valence-corrected chi connectivity index (χ0v) is 9.66. The molecule has 0 aliphatic heterocycles. The van der Waals surface area contributed by atoms with Gasteiger partial charge in [0.15, 0.2) is 0 Å². The number of ether oxygens (including phenoxy) is 1. The Bertz CT molecular complexity index is 509. The quantitative estimate of drug-likeness (QED) is 0.854. The van der Waals surface area contributed by atoms with Gasteiger partial charge in [-0.15, -0.1) is 0 Å². The number of nitrogens with zero attached hydrogens (tertiary/aromatic N) is 1. The standard InChI is InChI=1S/C13H16N2O/c1-9-12(16-2)4-3-10-6-8-15-11(5-7-14)13(9)10/h3-4,6,8H,5,7,14H2,1-2H3. The first-order valence-corrected chi connectivity index (χ1v) is 5.39. The Morgan fingerprint density at radius 2 is 2.12 bits per heavy atom. The first-order valence-electron chi connectivity index (χ1n) is 5.39. The topological polar surface area (TPSA) is 48.1 Å². The molecule has 0 spiro atoms. The van der Waals surface area contributed by atoms with E-state index < -0.39 is 0 Å². The first-order chi connectivity index (χ1) is 7.77. The van der Waals surface area contributed by atoms with Crippen molar-refractivity contribution in [3.63, 3.8) is 0 Å². The highest BCUT2D eigenvalue weighted by atomic mass is 16.5. The van der Waals surface area contributed by atoms with Gasteiger partial charge in [-0.05, 0) is 31.0 Å². The SMILES string of the molecule is COc1ccc2ccnc(CCN)c2c1C. The number of aryl methyl sites for hydroxylation is 1. The lowest BCUT2D eigenvalue weighted by Gasteiger charge is -2.11. The fraction of sp³-hybridized carbons (Fsp3) is 0.308. The van der Waals surface area contributed by atoms with E-state index in [9.17, 15) is 0 Å². The van der Waals surface area contributed by atoms with Gasteiger partial charge in [0.05, 0.1) is 7.11 Å². The van der Waals surface area contributed by atoms with Gasteiger partial charge in [0, 0.05) is 29.3 Å². The van der Waals surface area contributed by atoms with Crippen LogP contribution < -0.4 is 10.5 Å². The molecule has 2 N–H and O–H groups in total. The van der Waals surface area contributed by atoms with Crippen LogP contribution in [-0.4, -0.2) is 18.6 Å². The molecule has 16 heavy (non-hydrogen) atoms. The van der Waals surface area contributed by atoms with E-state index in [2.05, 4.69) is 18.0 Å². The average molecular weight is 216 g/mol. The fourth-order valence-electron chi connectivity index (χ4n) is 2.05. The van der Waals surface area contributed by atoms with Crippen molar-refractivity contribution in [2.24, 2.45) is 5.73 Å². The van der Waals surface area contributed by atoms with Crippen molar-refractivity contribution in [3.05, 3.63) is 35.7 Å². The van der Waals surface area contributed by atoms with E-state index in [1.165, 1.54) is 10.8 Å². The highest BCUT2D eigenvalue weighted by molar-refractivity contribution is 5.89. The van der Waals surface area contributed by atoms with Gasteiger partial charge >= 0.3 is 0 Å². The number of nitrogens with two attached hydrogens (primary N) is 1. The van der Waals surface area contributed by atoms with Gasteiger partial charge in [0.25, 0.3) is 0 Å². The predicted molar refractivity (Wildman–Crippen MR) is 65.8 cm³/mol. The van der Waals surface area contributed by atoms with Gasteiger partial charge in [0.2, 0.25) is 0 Å². The molecule has 0 fully saturated rings. The molecule has 0 radical (unpaired) electrons. The number of rotatable bonds is 3. The van der Waals surface area contributed by atoms with Crippen molar-refractivity contribution in [2.45, 2.75) is 13.3 Å². The Kier molecular flexibility index (Phi) is 3.06. The van der Waals surface area contributed by atoms with Crippen LogP contribution in [0, 0.1) is 6.92 Å². The van der Waals surface area contributed by atoms with E-state index in [1.54, 1.807) is 7.11 Å². The molecule has 0 saturated carbocycles. The van der Waals surface area contributed by atoms with Crippen LogP contribution in [0.3, 0.4) is 0 Å². The van der Waals surface area contributed by atoms with Crippen LogP contribution in [-0.2, 0) is 6.42 Å². The number of methoxy groups -OCH3 is 1. The molecular formula is C13H16N2O. The molecule has 1 heterocycles. The van der Waals surface area contributed by atoms with Crippen molar-refractivity contribution in [2.75, 3.05) is 13.7 Å². The lowest BCUT2D eigenvalue weighted by Crippen LogP contribution is -2.05. The Labute approximate surface area is 95.2 Å². The normalized spacial score (nSPS) is 10.7. The van der Waals surface area contributed by atoms with E-state index in [4.69, 9.17) is 10.5 Å². The van der Waals surface area contributed by atoms with Crippen LogP contribution in [0.4, 0.5) is 0 Å². The van der Waals surface area contributed by atoms with Gasteiger partial charge in [-0.3, -0.25) is 4.98 Å². The maximum atomic E-state index is 5.60. The molecular weight excluding hydrogens is 200 g/mol. The number of pyridine rings is 1. The molecule has 0 bridgehead atoms. The van der Waals surface area contributed by atoms with Crippen molar-refractivity contribution >= 4 is 10.8 Å². The molecule has 0 aliphatic rings. The van der Waals surface area contributed by atoms with Gasteiger partial charge in [-0.2, -0.15) is 0 Å². The maximum Gasteiger partial charge on any atom is 0.122 e. The van der Waals surface area contributed by atoms with Gasteiger partial charge in [0.1, 0.15) is 5.75 Å². The Balaban J connectivity index is 2.72. The second-order valence-corrected chi connectivity index (χ2v) is 3.79. The third-order valence-corrected chi connectivity index (χ3v) is 2.82. The molecule has 0 saturated heterocycles. The molecule has 84 valence electrons. The first kappa shape index (κ1) is 10.9. The van der Waals surface area contributed by atoms with Crippen molar-refractivity contribution < 1.29 is 4.74 Å². The van der Waals surface area contributed by atoms with E-state index in [-0.39, 0.29) is 0 Å². The van der Waals surface area contributed by atoms with E-state index in [1.807, 2.05) is 18.3 Å². The molecule has 0 aliphatic carbocycles. The molecule has 0 amide bonds. The minimum Gasteiger partial charge on any atom is -0.496 e. The molecule has 1 aromatic heterocycles. The zero-order valence-electron chi connectivity index (χ0n) is 9.66. The van der Waals surface area contributed by atoms with E-state index in [0.29, 0.717) is 6.54 Å². The Morgan fingerprint density at radius 1 is 1.31 bits per heavy atom. The Morgan fingerprint density at radius 3 is 2.81 bits per heavy atom. The van der Waals surface area contributed by atoms with Crippen LogP contribution in [0.1, 0.15) is 11.3 Å². The summed E-state index contributed by atoms with van der Waals surface area (Å²) in [7, 11) is 1.69. The predicted octanol–water partition coefficient (Wildman–Crippen LogP) is 2.05. The number of benzene rings is 1. The number of fused-ring (bicyclic) bond motifs is 1. The number of hydrogen-bond donors (Lipinski definition) is 1. The molecule has 0 unspecified atom stereocenters. The van der Waals surface area contributed by atoms with Crippen molar-refractivity contribution in [1.82, 2.24) is 4.98 Å². The second kappa shape index (κ2) is 4.49. The summed E-state index contributed by atoms with van der Waals surface area (Å²) >= 11 is 0. The maximum absolute atomic E-state index is 5.60. The summed E-state index contributed by atoms with van der Waals surface area (Å²) in [6, 6.07) is 6.06. The van der Waals surface area contributed by atoms with Crippen LogP contribution in [0.5, 0.6) is 5.75 Å². The fourth-order valence-corrected chi connectivity index (χ4v) is 2.05. The molecule has 2 aromatic rings. The van der Waals surface area contributed by atoms with Gasteiger partial charge in [-0.1, -0.05) is 6.07 Å². The second-order valence-electron chi connectivity index (χ2n) is 3.79. The summed E-state index contributed by atoms with van der Waals surface area (Å²) in [6.07, 6.45) is 2.63. The largest absolute Gasteiger partial charge is 0.496 e. The highest BCUT2D eigenvalue weighted by Crippen LogP contribution is 2.28. The van der Waals surface area contributed by atoms with Gasteiger partial charge < -0.3 is 10.5 Å². The minimum absolute atomic E-state index is 0.614. The van der Waals surface area contributed by atoms with E-state index >= 15 is 0 Å². The Hall–Kier alpha value is -1.61. The lowest BCUT2D eigenvalue weighted by molar-refractivity contribution is 0.412. The summed E-state index contributed by atoms with van der Waals surface area (Å²) in [5.74, 6) is 0.902. The summed E-state index contributed by atoms with van der Waals surface area (Å²) in [5.41, 5.74) is 7.79. The summed E-state index contributed by atoms with van der Waals surface area (Å²) < 4.78 is 5.33. The smallest absolute Gasteiger partial charge is 0.122 e. The third kappa shape index (κ3) is 1.74. The molecule has 3 nitrogen and oxygen atoms in total. The minimum atomic E-state index is 0.614. The molecule has 0 atom stereocenters. The number of hydrogen-bond acceptors (Lipinski definition) is 3. The monoisotopic (exact) mass is 216 g/mol. The van der Waals surface area contributed by atoms with Gasteiger partial charge in [-0.25, -0.2) is 0 Å². The molecule has 2 rings (SSSR count). The van der Waals surface area contributed by atoms with Crippen LogP contribution in [0.25, 0.3) is 10.8 Å². The summed E-state index contributed by atoms with van der Waals surface area (Å²) in [4.78, 5) is 4.40. The van der Waals surface area contributed by atoms with Crippen molar-refractivity contribution in [3.8, 4) is 5.75 Å². The highest BCUT2D eigenvalue weighted by Gasteiger charge is 2.08. The van der Waals surface area contributed by atoms with Crippen LogP contribution in [0.2, 0.25) is 0 Å². The average Bonchev–Trinajstić information content (AvgIpc) is 2.30. The molecule has 1 aromatic carbocycles. The zero-order chi connectivity index (χ0) is 11.5. The third-order valence-electron chi connectivity index (χ3n) is 2.82. The van der Waals surface area contributed by atoms with E-state index in [0.717, 1.165) is 23.4 Å². The molecule has 3 heteroatoms.